The number of anilines is 3. The van der Waals surface area contributed by atoms with Crippen LogP contribution in [0.5, 0.6) is 0 Å². The first kappa shape index (κ1) is 18.8. The molecule has 1 aliphatic rings. The number of benzene rings is 1. The van der Waals surface area contributed by atoms with Gasteiger partial charge in [0.15, 0.2) is 6.20 Å². The number of nitro groups is 1. The molecule has 0 saturated heterocycles. The Morgan fingerprint density at radius 1 is 1.41 bits per heavy atom. The molecule has 0 unspecified atom stereocenters. The van der Waals surface area contributed by atoms with Gasteiger partial charge in [-0.15, -0.1) is 0 Å². The molecule has 1 aromatic carbocycles. The van der Waals surface area contributed by atoms with Crippen molar-refractivity contribution in [3.8, 4) is 0 Å². The van der Waals surface area contributed by atoms with Crippen molar-refractivity contribution in [3.63, 3.8) is 0 Å². The van der Waals surface area contributed by atoms with Crippen molar-refractivity contribution < 1.29 is 4.92 Å². The molecule has 0 bridgehead atoms. The second-order valence-electron chi connectivity index (χ2n) is 6.28. The maximum absolute atomic E-state index is 10.9. The number of nitrogens with two attached hydrogens (primary N) is 1. The number of hydrazone groups is 1. The van der Waals surface area contributed by atoms with E-state index < -0.39 is 4.92 Å². The monoisotopic (exact) mass is 430 g/mol. The van der Waals surface area contributed by atoms with Crippen molar-refractivity contribution >= 4 is 44.6 Å². The first-order chi connectivity index (χ1) is 12.8. The molecule has 0 spiro atoms. The van der Waals surface area contributed by atoms with Crippen LogP contribution in [0.2, 0.25) is 0 Å². The van der Waals surface area contributed by atoms with Crippen LogP contribution in [0.1, 0.15) is 13.8 Å². The number of amidine groups is 1. The minimum atomic E-state index is -0.510. The molecule has 0 aliphatic carbocycles. The van der Waals surface area contributed by atoms with Gasteiger partial charge in [0.25, 0.3) is 0 Å². The summed E-state index contributed by atoms with van der Waals surface area (Å²) >= 11 is 3.52. The van der Waals surface area contributed by atoms with Crippen LogP contribution in [0, 0.1) is 16.0 Å². The van der Waals surface area contributed by atoms with Crippen molar-refractivity contribution in [1.82, 2.24) is 4.98 Å². The van der Waals surface area contributed by atoms with E-state index in [9.17, 15) is 10.1 Å². The topological polar surface area (TPSA) is 101 Å². The Morgan fingerprint density at radius 3 is 2.74 bits per heavy atom. The third-order valence-electron chi connectivity index (χ3n) is 4.52. The number of aromatic nitrogens is 1. The quantitative estimate of drug-likeness (QED) is 0.252. The molecule has 3 rings (SSSR count). The second-order valence-corrected chi connectivity index (χ2v) is 7.20. The first-order valence-corrected chi connectivity index (χ1v) is 9.03. The number of hydrogen-bond acceptors (Lipinski definition) is 6. The zero-order valence-electron chi connectivity index (χ0n) is 15.0. The molecule has 0 amide bonds. The van der Waals surface area contributed by atoms with E-state index >= 15 is 0 Å². The third-order valence-corrected chi connectivity index (χ3v) is 5.02. The van der Waals surface area contributed by atoms with E-state index in [1.807, 2.05) is 30.0 Å². The molecular weight excluding hydrogens is 412 g/mol. The zero-order chi connectivity index (χ0) is 19.7. The highest BCUT2D eigenvalue weighted by atomic mass is 79.9. The number of fused-ring (bicyclic) bond motifs is 1. The summed E-state index contributed by atoms with van der Waals surface area (Å²) in [6, 6.07) is 8.99. The molecule has 8 nitrogen and oxygen atoms in total. The predicted molar refractivity (Wildman–Crippen MR) is 110 cm³/mol. The lowest BCUT2D eigenvalue weighted by Gasteiger charge is -2.27. The molecule has 140 valence electrons. The summed E-state index contributed by atoms with van der Waals surface area (Å²) in [5, 5.41) is 14.8. The van der Waals surface area contributed by atoms with Gasteiger partial charge in [-0.1, -0.05) is 29.4 Å². The van der Waals surface area contributed by atoms with Gasteiger partial charge in [-0.2, -0.15) is 5.10 Å². The maximum atomic E-state index is 10.9. The van der Waals surface area contributed by atoms with E-state index in [2.05, 4.69) is 44.4 Å². The van der Waals surface area contributed by atoms with Crippen molar-refractivity contribution in [2.45, 2.75) is 13.8 Å². The van der Waals surface area contributed by atoms with Crippen LogP contribution in [0.4, 0.5) is 22.9 Å². The molecule has 1 aromatic heterocycles. The Hall–Kier alpha value is -2.94. The molecule has 0 saturated carbocycles. The lowest BCUT2D eigenvalue weighted by Crippen LogP contribution is -2.31. The molecule has 0 fully saturated rings. The number of nitrogens with zero attached hydrogens (tertiary/aromatic N) is 5. The van der Waals surface area contributed by atoms with Gasteiger partial charge in [-0.3, -0.25) is 4.90 Å². The second kappa shape index (κ2) is 7.36. The standard InChI is InChI=1S/C18H19BrN6O2/c1-11-10-23(15-5-7-18(21-9-15)25(26)27)17-8-14(19)4-6-16(17)24(12(11)2)13(3)22-20/h4-9,11H,2,10,20H2,1,3H3/b22-13-/t11-/m1/s1. The van der Waals surface area contributed by atoms with E-state index in [1.165, 1.54) is 12.3 Å². The van der Waals surface area contributed by atoms with Gasteiger partial charge in [0.1, 0.15) is 5.84 Å². The van der Waals surface area contributed by atoms with E-state index in [1.54, 1.807) is 6.07 Å². The molecule has 2 N–H and O–H groups in total. The van der Waals surface area contributed by atoms with Crippen molar-refractivity contribution in [1.29, 1.82) is 0 Å². The molecule has 9 heteroatoms. The Morgan fingerprint density at radius 2 is 2.15 bits per heavy atom. The van der Waals surface area contributed by atoms with Gasteiger partial charge in [0.2, 0.25) is 0 Å². The van der Waals surface area contributed by atoms with Crippen LogP contribution in [0.25, 0.3) is 0 Å². The third kappa shape index (κ3) is 3.50. The summed E-state index contributed by atoms with van der Waals surface area (Å²) in [5.74, 6) is 6.06. The SMILES string of the molecule is C=C1[C@H](C)CN(c2ccc([N+](=O)[O-])nc2)c2cc(Br)ccc2N1/C(C)=N\N. The fourth-order valence-corrected chi connectivity index (χ4v) is 3.43. The predicted octanol–water partition coefficient (Wildman–Crippen LogP) is 4.15. The van der Waals surface area contributed by atoms with E-state index in [0.717, 1.165) is 27.2 Å². The maximum Gasteiger partial charge on any atom is 0.363 e. The van der Waals surface area contributed by atoms with Crippen LogP contribution in [0.15, 0.2) is 58.4 Å². The summed E-state index contributed by atoms with van der Waals surface area (Å²) in [4.78, 5) is 18.4. The highest BCUT2D eigenvalue weighted by Crippen LogP contribution is 2.42. The fourth-order valence-electron chi connectivity index (χ4n) is 3.08. The summed E-state index contributed by atoms with van der Waals surface area (Å²) in [7, 11) is 0. The highest BCUT2D eigenvalue weighted by molar-refractivity contribution is 9.10. The number of rotatable bonds is 2. The van der Waals surface area contributed by atoms with E-state index in [0.29, 0.717) is 12.4 Å². The smallest absolute Gasteiger partial charge is 0.358 e. The Kier molecular flexibility index (Phi) is 5.13. The van der Waals surface area contributed by atoms with E-state index in [-0.39, 0.29) is 11.7 Å². The Bertz CT molecular complexity index is 928. The summed E-state index contributed by atoms with van der Waals surface area (Å²) in [5.41, 5.74) is 3.39. The van der Waals surface area contributed by atoms with Crippen LogP contribution < -0.4 is 15.6 Å². The first-order valence-electron chi connectivity index (χ1n) is 8.24. The van der Waals surface area contributed by atoms with Crippen molar-refractivity contribution in [3.05, 3.63) is 63.4 Å². The van der Waals surface area contributed by atoms with Gasteiger partial charge < -0.3 is 20.9 Å². The van der Waals surface area contributed by atoms with Crippen LogP contribution in [-0.4, -0.2) is 22.3 Å². The molecule has 0 radical (unpaired) electrons. The fraction of sp³-hybridized carbons (Fsp3) is 0.222. The van der Waals surface area contributed by atoms with Gasteiger partial charge in [-0.05, 0) is 41.1 Å². The average molecular weight is 431 g/mol. The van der Waals surface area contributed by atoms with Gasteiger partial charge >= 0.3 is 5.82 Å². The Labute approximate surface area is 165 Å². The molecule has 27 heavy (non-hydrogen) atoms. The zero-order valence-corrected chi connectivity index (χ0v) is 16.5. The highest BCUT2D eigenvalue weighted by Gasteiger charge is 2.30. The van der Waals surface area contributed by atoms with Gasteiger partial charge in [-0.25, -0.2) is 0 Å². The number of pyridine rings is 1. The minimum absolute atomic E-state index is 0.0723. The molecule has 2 aromatic rings. The number of halogens is 1. The Balaban J connectivity index is 2.18. The van der Waals surface area contributed by atoms with E-state index in [4.69, 9.17) is 5.84 Å². The van der Waals surface area contributed by atoms with Crippen LogP contribution >= 0.6 is 15.9 Å². The summed E-state index contributed by atoms with van der Waals surface area (Å²) in [6.45, 7) is 8.75. The lowest BCUT2D eigenvalue weighted by atomic mass is 10.1. The molecule has 2 heterocycles. The summed E-state index contributed by atoms with van der Waals surface area (Å²) in [6.07, 6.45) is 1.51. The van der Waals surface area contributed by atoms with Crippen molar-refractivity contribution in [2.75, 3.05) is 16.3 Å². The molecule has 1 aliphatic heterocycles. The van der Waals surface area contributed by atoms with Gasteiger partial charge in [0.05, 0.1) is 17.1 Å². The normalized spacial score (nSPS) is 17.5. The van der Waals surface area contributed by atoms with Crippen LogP contribution in [-0.2, 0) is 0 Å². The number of hydrogen-bond donors (Lipinski definition) is 1. The molecular formula is C18H19BrN6O2. The largest absolute Gasteiger partial charge is 0.363 e. The lowest BCUT2D eigenvalue weighted by molar-refractivity contribution is -0.389. The van der Waals surface area contributed by atoms with Gasteiger partial charge in [0, 0.05) is 28.7 Å². The van der Waals surface area contributed by atoms with Crippen molar-refractivity contribution in [2.24, 2.45) is 16.9 Å². The van der Waals surface area contributed by atoms with Crippen LogP contribution in [0.3, 0.4) is 0 Å². The average Bonchev–Trinajstić information content (AvgIpc) is 2.76. The summed E-state index contributed by atoms with van der Waals surface area (Å²) < 4.78 is 0.906. The molecule has 1 atom stereocenters. The minimum Gasteiger partial charge on any atom is -0.358 e.